The minimum absolute atomic E-state index is 0.0938. The number of benzene rings is 1. The molecular weight excluding hydrogens is 318 g/mol. The minimum Gasteiger partial charge on any atom is -0.306 e. The maximum atomic E-state index is 13.0. The third kappa shape index (κ3) is 2.81. The number of fused-ring (bicyclic) bond motifs is 1. The Labute approximate surface area is 144 Å². The van der Waals surface area contributed by atoms with Gasteiger partial charge in [0.1, 0.15) is 10.7 Å². The molecule has 0 saturated heterocycles. The maximum absolute atomic E-state index is 13.0. The van der Waals surface area contributed by atoms with Gasteiger partial charge in [-0.15, -0.1) is 17.9 Å². The molecule has 1 aromatic carbocycles. The molecule has 1 saturated carbocycles. The number of rotatable bonds is 6. The van der Waals surface area contributed by atoms with E-state index in [-0.39, 0.29) is 5.56 Å². The average Bonchev–Trinajstić information content (AvgIpc) is 3.34. The lowest BCUT2D eigenvalue weighted by molar-refractivity contribution is 0.602. The summed E-state index contributed by atoms with van der Waals surface area (Å²) in [7, 11) is 0. The number of nitrogens with one attached hydrogen (secondary N) is 1. The zero-order valence-electron chi connectivity index (χ0n) is 13.4. The van der Waals surface area contributed by atoms with E-state index in [2.05, 4.69) is 24.0 Å². The second kappa shape index (κ2) is 6.34. The van der Waals surface area contributed by atoms with Gasteiger partial charge in [-0.25, -0.2) is 4.98 Å². The predicted molar refractivity (Wildman–Crippen MR) is 99.5 cm³/mol. The summed E-state index contributed by atoms with van der Waals surface area (Å²) < 4.78 is 1.89. The minimum atomic E-state index is 0.0938. The van der Waals surface area contributed by atoms with Crippen LogP contribution in [0.1, 0.15) is 24.7 Å². The molecule has 4 nitrogen and oxygen atoms in total. The molecule has 0 atom stereocenters. The van der Waals surface area contributed by atoms with Crippen LogP contribution in [0.15, 0.2) is 53.8 Å². The van der Waals surface area contributed by atoms with Crippen LogP contribution in [0.5, 0.6) is 0 Å². The molecular formula is C19H19N3OS. The van der Waals surface area contributed by atoms with Crippen molar-refractivity contribution in [3.8, 4) is 10.4 Å². The zero-order chi connectivity index (χ0) is 16.5. The number of aromatic nitrogens is 2. The molecule has 24 heavy (non-hydrogen) atoms. The molecule has 0 bridgehead atoms. The van der Waals surface area contributed by atoms with Crippen LogP contribution in [-0.2, 0) is 6.54 Å². The number of thiophene rings is 1. The normalized spacial score (nSPS) is 14.2. The first-order chi connectivity index (χ1) is 11.8. The van der Waals surface area contributed by atoms with Crippen molar-refractivity contribution in [2.45, 2.75) is 25.4 Å². The van der Waals surface area contributed by atoms with E-state index in [1.807, 2.05) is 34.9 Å². The Kier molecular flexibility index (Phi) is 4.04. The average molecular weight is 337 g/mol. The molecule has 0 radical (unpaired) electrons. The molecule has 0 amide bonds. The Balaban J connectivity index is 1.82. The fourth-order valence-electron chi connectivity index (χ4n) is 2.90. The Morgan fingerprint density at radius 1 is 1.33 bits per heavy atom. The summed E-state index contributed by atoms with van der Waals surface area (Å²) >= 11 is 1.59. The van der Waals surface area contributed by atoms with Crippen molar-refractivity contribution in [2.24, 2.45) is 0 Å². The summed E-state index contributed by atoms with van der Waals surface area (Å²) in [5.74, 6) is 0.832. The van der Waals surface area contributed by atoms with Crippen molar-refractivity contribution in [2.75, 3.05) is 6.54 Å². The number of hydrogen-bond acceptors (Lipinski definition) is 4. The number of nitrogens with zero attached hydrogens (tertiary/aromatic N) is 2. The van der Waals surface area contributed by atoms with Gasteiger partial charge in [-0.2, -0.15) is 0 Å². The van der Waals surface area contributed by atoms with Gasteiger partial charge in [0.25, 0.3) is 5.56 Å². The number of hydrogen-bond donors (Lipinski definition) is 1. The van der Waals surface area contributed by atoms with E-state index in [9.17, 15) is 4.79 Å². The smallest absolute Gasteiger partial charge is 0.262 e. The highest BCUT2D eigenvalue weighted by Crippen LogP contribution is 2.36. The second-order valence-corrected chi connectivity index (χ2v) is 7.08. The fraction of sp³-hybridized carbons (Fsp3) is 0.263. The molecule has 1 fully saturated rings. The van der Waals surface area contributed by atoms with E-state index in [0.717, 1.165) is 39.3 Å². The molecule has 5 heteroatoms. The van der Waals surface area contributed by atoms with E-state index in [1.54, 1.807) is 11.3 Å². The predicted octanol–water partition coefficient (Wildman–Crippen LogP) is 3.74. The highest BCUT2D eigenvalue weighted by molar-refractivity contribution is 7.21. The van der Waals surface area contributed by atoms with Crippen molar-refractivity contribution in [1.29, 1.82) is 0 Å². The van der Waals surface area contributed by atoms with Crippen molar-refractivity contribution >= 4 is 21.6 Å². The van der Waals surface area contributed by atoms with Crippen LogP contribution in [0.2, 0.25) is 0 Å². The summed E-state index contributed by atoms with van der Waals surface area (Å²) in [6, 6.07) is 12.5. The van der Waals surface area contributed by atoms with E-state index < -0.39 is 0 Å². The largest absolute Gasteiger partial charge is 0.306 e. The lowest BCUT2D eigenvalue weighted by atomic mass is 10.2. The molecule has 122 valence electrons. The SMILES string of the molecule is C=CCNCc1nc2sc(-c3ccccc3)cc2c(=O)n1C1CC1. The summed E-state index contributed by atoms with van der Waals surface area (Å²) in [6.07, 6.45) is 3.95. The molecule has 1 N–H and O–H groups in total. The van der Waals surface area contributed by atoms with Crippen LogP contribution in [0.4, 0.5) is 0 Å². The van der Waals surface area contributed by atoms with Crippen LogP contribution in [0.25, 0.3) is 20.7 Å². The van der Waals surface area contributed by atoms with Gasteiger partial charge in [0.15, 0.2) is 0 Å². The monoisotopic (exact) mass is 337 g/mol. The summed E-state index contributed by atoms with van der Waals surface area (Å²) in [5.41, 5.74) is 1.22. The van der Waals surface area contributed by atoms with E-state index >= 15 is 0 Å². The van der Waals surface area contributed by atoms with Crippen LogP contribution in [0.3, 0.4) is 0 Å². The van der Waals surface area contributed by atoms with Gasteiger partial charge in [-0.05, 0) is 24.5 Å². The summed E-state index contributed by atoms with van der Waals surface area (Å²) in [6.45, 7) is 5.01. The Bertz CT molecular complexity index is 938. The maximum Gasteiger partial charge on any atom is 0.262 e. The highest BCUT2D eigenvalue weighted by Gasteiger charge is 2.28. The Morgan fingerprint density at radius 3 is 2.83 bits per heavy atom. The highest BCUT2D eigenvalue weighted by atomic mass is 32.1. The van der Waals surface area contributed by atoms with Gasteiger partial charge < -0.3 is 5.32 Å². The second-order valence-electron chi connectivity index (χ2n) is 6.05. The third-order valence-electron chi connectivity index (χ3n) is 4.21. The standard InChI is InChI=1S/C19H19N3OS/c1-2-10-20-12-17-21-18-15(19(23)22(17)14-8-9-14)11-16(24-18)13-6-4-3-5-7-13/h2-7,11,14,20H,1,8-10,12H2. The molecule has 4 rings (SSSR count). The van der Waals surface area contributed by atoms with Gasteiger partial charge in [0, 0.05) is 17.5 Å². The molecule has 0 aliphatic heterocycles. The van der Waals surface area contributed by atoms with Gasteiger partial charge in [-0.3, -0.25) is 9.36 Å². The van der Waals surface area contributed by atoms with Gasteiger partial charge in [-0.1, -0.05) is 36.4 Å². The van der Waals surface area contributed by atoms with Gasteiger partial charge >= 0.3 is 0 Å². The molecule has 2 heterocycles. The van der Waals surface area contributed by atoms with Crippen molar-refractivity contribution in [3.05, 3.63) is 65.2 Å². The van der Waals surface area contributed by atoms with Crippen LogP contribution in [-0.4, -0.2) is 16.1 Å². The van der Waals surface area contributed by atoms with Crippen molar-refractivity contribution in [1.82, 2.24) is 14.9 Å². The van der Waals surface area contributed by atoms with Gasteiger partial charge in [0.2, 0.25) is 0 Å². The lowest BCUT2D eigenvalue weighted by Gasteiger charge is -2.11. The summed E-state index contributed by atoms with van der Waals surface area (Å²) in [4.78, 5) is 19.7. The molecule has 1 aliphatic carbocycles. The Morgan fingerprint density at radius 2 is 2.12 bits per heavy atom. The van der Waals surface area contributed by atoms with Crippen molar-refractivity contribution in [3.63, 3.8) is 0 Å². The topological polar surface area (TPSA) is 46.9 Å². The van der Waals surface area contributed by atoms with Gasteiger partial charge in [0.05, 0.1) is 11.9 Å². The molecule has 1 aliphatic rings. The molecule has 2 aromatic heterocycles. The van der Waals surface area contributed by atoms with E-state index in [0.29, 0.717) is 19.1 Å². The van der Waals surface area contributed by atoms with Crippen LogP contribution in [0, 0.1) is 0 Å². The quantitative estimate of drug-likeness (QED) is 0.551. The molecule has 3 aromatic rings. The third-order valence-corrected chi connectivity index (χ3v) is 5.29. The summed E-state index contributed by atoms with van der Waals surface area (Å²) in [5, 5.41) is 4.00. The first-order valence-corrected chi connectivity index (χ1v) is 9.01. The van der Waals surface area contributed by atoms with Crippen LogP contribution < -0.4 is 10.9 Å². The molecule has 0 unspecified atom stereocenters. The molecule has 0 spiro atoms. The van der Waals surface area contributed by atoms with Crippen molar-refractivity contribution < 1.29 is 0 Å². The Hall–Kier alpha value is -2.24. The van der Waals surface area contributed by atoms with E-state index in [1.165, 1.54) is 0 Å². The van der Waals surface area contributed by atoms with E-state index in [4.69, 9.17) is 4.98 Å². The fourth-order valence-corrected chi connectivity index (χ4v) is 3.95. The van der Waals surface area contributed by atoms with Crippen LogP contribution >= 0.6 is 11.3 Å². The zero-order valence-corrected chi connectivity index (χ0v) is 14.2. The first kappa shape index (κ1) is 15.3. The lowest BCUT2D eigenvalue weighted by Crippen LogP contribution is -2.27. The first-order valence-electron chi connectivity index (χ1n) is 8.20.